The zero-order valence-corrected chi connectivity index (χ0v) is 11.3. The van der Waals surface area contributed by atoms with Crippen LogP contribution in [0.2, 0.25) is 5.02 Å². The number of carbonyl (C=O) groups is 3. The molecule has 2 N–H and O–H groups in total. The summed E-state index contributed by atoms with van der Waals surface area (Å²) in [5.41, 5.74) is 0.422. The number of ether oxygens (including phenoxy) is 1. The Morgan fingerprint density at radius 1 is 1.35 bits per heavy atom. The molecular formula is C13H12ClNO5. The number of halogens is 1. The molecule has 0 aliphatic rings. The number of hydrogen-bond acceptors (Lipinski definition) is 4. The first-order valence-corrected chi connectivity index (χ1v) is 6.00. The van der Waals surface area contributed by atoms with E-state index in [1.54, 1.807) is 6.92 Å². The standard InChI is InChI=1S/C13H12ClNO5/c1-2-20-13(19)9-7-8(3-4-10(9)14)15-11(16)5-6-12(17)18/h3-7H,2H2,1H3,(H,15,16)(H,17,18)/b6-5+. The van der Waals surface area contributed by atoms with Crippen LogP contribution in [0.15, 0.2) is 30.4 Å². The van der Waals surface area contributed by atoms with Crippen molar-refractivity contribution in [2.75, 3.05) is 11.9 Å². The van der Waals surface area contributed by atoms with Gasteiger partial charge in [0.25, 0.3) is 0 Å². The third kappa shape index (κ3) is 4.74. The van der Waals surface area contributed by atoms with Gasteiger partial charge in [0.15, 0.2) is 0 Å². The molecule has 0 aromatic heterocycles. The van der Waals surface area contributed by atoms with Gasteiger partial charge in [0.05, 0.1) is 17.2 Å². The summed E-state index contributed by atoms with van der Waals surface area (Å²) in [5, 5.41) is 11.0. The summed E-state index contributed by atoms with van der Waals surface area (Å²) in [6.45, 7) is 1.86. The SMILES string of the molecule is CCOC(=O)c1cc(NC(=O)/C=C/C(=O)O)ccc1Cl. The van der Waals surface area contributed by atoms with Crippen molar-refractivity contribution in [2.24, 2.45) is 0 Å². The van der Waals surface area contributed by atoms with Crippen LogP contribution in [0.1, 0.15) is 17.3 Å². The van der Waals surface area contributed by atoms with Crippen LogP contribution in [-0.2, 0) is 14.3 Å². The van der Waals surface area contributed by atoms with Gasteiger partial charge >= 0.3 is 11.9 Å². The van der Waals surface area contributed by atoms with E-state index >= 15 is 0 Å². The Morgan fingerprint density at radius 3 is 2.65 bits per heavy atom. The Kier molecular flexibility index (Phi) is 5.74. The minimum Gasteiger partial charge on any atom is -0.478 e. The zero-order valence-electron chi connectivity index (χ0n) is 10.6. The Balaban J connectivity index is 2.87. The fourth-order valence-corrected chi connectivity index (χ4v) is 1.49. The quantitative estimate of drug-likeness (QED) is 0.641. The zero-order chi connectivity index (χ0) is 15.1. The van der Waals surface area contributed by atoms with Gasteiger partial charge in [0, 0.05) is 17.8 Å². The lowest BCUT2D eigenvalue weighted by Gasteiger charge is -2.07. The normalized spacial score (nSPS) is 10.3. The van der Waals surface area contributed by atoms with Crippen molar-refractivity contribution in [2.45, 2.75) is 6.92 Å². The highest BCUT2D eigenvalue weighted by Crippen LogP contribution is 2.21. The minimum atomic E-state index is -1.23. The molecule has 0 saturated carbocycles. The topological polar surface area (TPSA) is 92.7 Å². The molecule has 0 radical (unpaired) electrons. The number of hydrogen-bond donors (Lipinski definition) is 2. The molecule has 1 rings (SSSR count). The lowest BCUT2D eigenvalue weighted by Crippen LogP contribution is -2.11. The second-order valence-electron chi connectivity index (χ2n) is 3.58. The van der Waals surface area contributed by atoms with Crippen molar-refractivity contribution in [1.29, 1.82) is 0 Å². The van der Waals surface area contributed by atoms with E-state index in [0.29, 0.717) is 11.8 Å². The van der Waals surface area contributed by atoms with E-state index < -0.39 is 17.8 Å². The van der Waals surface area contributed by atoms with Gasteiger partial charge in [0.1, 0.15) is 0 Å². The summed E-state index contributed by atoms with van der Waals surface area (Å²) in [6.07, 6.45) is 1.57. The third-order valence-corrected chi connectivity index (χ3v) is 2.44. The molecular weight excluding hydrogens is 286 g/mol. The second kappa shape index (κ2) is 7.30. The van der Waals surface area contributed by atoms with E-state index in [-0.39, 0.29) is 17.2 Å². The molecule has 1 aromatic rings. The maximum atomic E-state index is 11.6. The van der Waals surface area contributed by atoms with Crippen LogP contribution in [0.5, 0.6) is 0 Å². The number of carbonyl (C=O) groups excluding carboxylic acids is 2. The fourth-order valence-electron chi connectivity index (χ4n) is 1.30. The molecule has 106 valence electrons. The Labute approximate surface area is 120 Å². The molecule has 0 aliphatic heterocycles. The summed E-state index contributed by atoms with van der Waals surface area (Å²) < 4.78 is 4.82. The van der Waals surface area contributed by atoms with Crippen LogP contribution in [0.25, 0.3) is 0 Å². The predicted octanol–water partition coefficient (Wildman–Crippen LogP) is 2.10. The number of aliphatic carboxylic acids is 1. The van der Waals surface area contributed by atoms with Crippen LogP contribution in [0, 0.1) is 0 Å². The van der Waals surface area contributed by atoms with Crippen molar-refractivity contribution >= 4 is 35.1 Å². The van der Waals surface area contributed by atoms with Gasteiger partial charge in [-0.15, -0.1) is 0 Å². The average molecular weight is 298 g/mol. The number of benzene rings is 1. The Bertz CT molecular complexity index is 568. The number of carboxylic acids is 1. The van der Waals surface area contributed by atoms with E-state index in [1.165, 1.54) is 18.2 Å². The fraction of sp³-hybridized carbons (Fsp3) is 0.154. The van der Waals surface area contributed by atoms with E-state index in [4.69, 9.17) is 21.4 Å². The van der Waals surface area contributed by atoms with Gasteiger partial charge in [-0.3, -0.25) is 4.79 Å². The smallest absolute Gasteiger partial charge is 0.339 e. The number of carboxylic acid groups (broad SMARTS) is 1. The molecule has 0 atom stereocenters. The third-order valence-electron chi connectivity index (χ3n) is 2.11. The van der Waals surface area contributed by atoms with Crippen molar-refractivity contribution in [1.82, 2.24) is 0 Å². The molecule has 0 spiro atoms. The van der Waals surface area contributed by atoms with Gasteiger partial charge in [-0.05, 0) is 25.1 Å². The molecule has 0 aliphatic carbocycles. The monoisotopic (exact) mass is 297 g/mol. The number of nitrogens with one attached hydrogen (secondary N) is 1. The van der Waals surface area contributed by atoms with Gasteiger partial charge in [-0.2, -0.15) is 0 Å². The molecule has 0 heterocycles. The highest BCUT2D eigenvalue weighted by atomic mass is 35.5. The van der Waals surface area contributed by atoms with Crippen LogP contribution < -0.4 is 5.32 Å². The van der Waals surface area contributed by atoms with Crippen molar-refractivity contribution in [3.8, 4) is 0 Å². The summed E-state index contributed by atoms with van der Waals surface area (Å²) in [6, 6.07) is 4.27. The minimum absolute atomic E-state index is 0.119. The molecule has 1 amide bonds. The maximum absolute atomic E-state index is 11.6. The number of anilines is 1. The van der Waals surface area contributed by atoms with E-state index in [9.17, 15) is 14.4 Å². The van der Waals surface area contributed by atoms with Gasteiger partial charge in [-0.1, -0.05) is 11.6 Å². The van der Waals surface area contributed by atoms with Crippen molar-refractivity contribution in [3.05, 3.63) is 40.9 Å². The van der Waals surface area contributed by atoms with Crippen LogP contribution in [0.4, 0.5) is 5.69 Å². The Hall–Kier alpha value is -2.34. The number of esters is 1. The largest absolute Gasteiger partial charge is 0.478 e. The van der Waals surface area contributed by atoms with Crippen LogP contribution >= 0.6 is 11.6 Å². The lowest BCUT2D eigenvalue weighted by atomic mass is 10.2. The summed E-state index contributed by atoms with van der Waals surface area (Å²) in [4.78, 5) is 33.3. The highest BCUT2D eigenvalue weighted by molar-refractivity contribution is 6.33. The predicted molar refractivity (Wildman–Crippen MR) is 72.8 cm³/mol. The summed E-state index contributed by atoms with van der Waals surface area (Å²) >= 11 is 5.86. The molecule has 20 heavy (non-hydrogen) atoms. The highest BCUT2D eigenvalue weighted by Gasteiger charge is 2.12. The van der Waals surface area contributed by atoms with Gasteiger partial charge in [0.2, 0.25) is 5.91 Å². The molecule has 0 saturated heterocycles. The van der Waals surface area contributed by atoms with Crippen molar-refractivity contribution < 1.29 is 24.2 Å². The van der Waals surface area contributed by atoms with Crippen LogP contribution in [0.3, 0.4) is 0 Å². The first-order chi connectivity index (χ1) is 9.43. The van der Waals surface area contributed by atoms with Crippen molar-refractivity contribution in [3.63, 3.8) is 0 Å². The maximum Gasteiger partial charge on any atom is 0.339 e. The first-order valence-electron chi connectivity index (χ1n) is 5.62. The van der Waals surface area contributed by atoms with Gasteiger partial charge < -0.3 is 15.2 Å². The lowest BCUT2D eigenvalue weighted by molar-refractivity contribution is -0.131. The van der Waals surface area contributed by atoms with Gasteiger partial charge in [-0.25, -0.2) is 9.59 Å². The molecule has 6 nitrogen and oxygen atoms in total. The Morgan fingerprint density at radius 2 is 2.05 bits per heavy atom. The van der Waals surface area contributed by atoms with E-state index in [1.807, 2.05) is 0 Å². The van der Waals surface area contributed by atoms with E-state index in [2.05, 4.69) is 5.32 Å². The molecule has 0 fully saturated rings. The molecule has 0 unspecified atom stereocenters. The first kappa shape index (κ1) is 15.7. The van der Waals surface area contributed by atoms with Crippen LogP contribution in [-0.4, -0.2) is 29.6 Å². The molecule has 0 bridgehead atoms. The number of rotatable bonds is 5. The average Bonchev–Trinajstić information content (AvgIpc) is 2.39. The second-order valence-corrected chi connectivity index (χ2v) is 3.98. The van der Waals surface area contributed by atoms with E-state index in [0.717, 1.165) is 6.08 Å². The summed E-state index contributed by atoms with van der Waals surface area (Å²) in [7, 11) is 0. The number of amides is 1. The molecule has 7 heteroatoms. The summed E-state index contributed by atoms with van der Waals surface area (Å²) in [5.74, 6) is -2.47. The molecule has 1 aromatic carbocycles.